The molecule has 0 spiro atoms. The molecule has 0 atom stereocenters. The van der Waals surface area contributed by atoms with Gasteiger partial charge in [0.1, 0.15) is 10.4 Å². The van der Waals surface area contributed by atoms with E-state index < -0.39 is 5.97 Å². The molecule has 1 heterocycles. The number of methoxy groups -OCH3 is 1. The van der Waals surface area contributed by atoms with Gasteiger partial charge in [0, 0.05) is 6.07 Å². The lowest BCUT2D eigenvalue weighted by molar-refractivity contribution is 0.0593. The molecule has 0 amide bonds. The first-order chi connectivity index (χ1) is 8.11. The number of hydrogen-bond donors (Lipinski definition) is 0. The molecule has 2 aromatic rings. The Morgan fingerprint density at radius 3 is 2.65 bits per heavy atom. The van der Waals surface area contributed by atoms with E-state index in [4.69, 9.17) is 0 Å². The molecule has 0 aliphatic rings. The summed E-state index contributed by atoms with van der Waals surface area (Å²) in [5.74, 6) is -0.850. The highest BCUT2D eigenvalue weighted by Gasteiger charge is 2.14. The molecular formula is C11H8BrFN2O2. The van der Waals surface area contributed by atoms with Crippen molar-refractivity contribution in [1.82, 2.24) is 9.78 Å². The quantitative estimate of drug-likeness (QED) is 0.801. The lowest BCUT2D eigenvalue weighted by Gasteiger charge is -2.02. The fraction of sp³-hybridized carbons (Fsp3) is 0.0909. The van der Waals surface area contributed by atoms with Crippen molar-refractivity contribution in [3.63, 3.8) is 0 Å². The molecule has 1 aromatic carbocycles. The second kappa shape index (κ2) is 4.67. The highest BCUT2D eigenvalue weighted by atomic mass is 79.9. The standard InChI is InChI=1S/C11H8BrFN2O2/c1-17-11(16)9-6-10(12)15(14-9)8-4-2-7(13)3-5-8/h2-6H,1H3. The highest BCUT2D eigenvalue weighted by Crippen LogP contribution is 2.18. The molecule has 0 N–H and O–H groups in total. The van der Waals surface area contributed by atoms with E-state index in [0.717, 1.165) is 0 Å². The third-order valence-corrected chi connectivity index (χ3v) is 2.70. The molecular weight excluding hydrogens is 291 g/mol. The molecule has 0 aliphatic carbocycles. The molecule has 0 saturated carbocycles. The zero-order valence-corrected chi connectivity index (χ0v) is 10.4. The average Bonchev–Trinajstić information content (AvgIpc) is 2.71. The van der Waals surface area contributed by atoms with Gasteiger partial charge < -0.3 is 4.74 Å². The smallest absolute Gasteiger partial charge is 0.358 e. The van der Waals surface area contributed by atoms with Gasteiger partial charge in [-0.05, 0) is 40.2 Å². The number of nitrogens with zero attached hydrogens (tertiary/aromatic N) is 2. The fourth-order valence-electron chi connectivity index (χ4n) is 1.33. The first-order valence-electron chi connectivity index (χ1n) is 4.71. The van der Waals surface area contributed by atoms with Crippen LogP contribution in [-0.2, 0) is 4.74 Å². The number of rotatable bonds is 2. The molecule has 88 valence electrons. The van der Waals surface area contributed by atoms with E-state index >= 15 is 0 Å². The number of hydrogen-bond acceptors (Lipinski definition) is 3. The SMILES string of the molecule is COC(=O)c1cc(Br)n(-c2ccc(F)cc2)n1. The van der Waals surface area contributed by atoms with Crippen LogP contribution in [0.15, 0.2) is 34.9 Å². The van der Waals surface area contributed by atoms with E-state index in [0.29, 0.717) is 10.3 Å². The average molecular weight is 299 g/mol. The van der Waals surface area contributed by atoms with Crippen molar-refractivity contribution >= 4 is 21.9 Å². The van der Waals surface area contributed by atoms with Gasteiger partial charge in [0.05, 0.1) is 12.8 Å². The Labute approximate surface area is 105 Å². The molecule has 4 nitrogen and oxygen atoms in total. The molecule has 0 radical (unpaired) electrons. The van der Waals surface area contributed by atoms with Crippen LogP contribution >= 0.6 is 15.9 Å². The lowest BCUT2D eigenvalue weighted by Crippen LogP contribution is -2.04. The van der Waals surface area contributed by atoms with E-state index in [-0.39, 0.29) is 11.5 Å². The summed E-state index contributed by atoms with van der Waals surface area (Å²) in [7, 11) is 1.28. The van der Waals surface area contributed by atoms with Crippen molar-refractivity contribution in [3.05, 3.63) is 46.4 Å². The third kappa shape index (κ3) is 2.36. The molecule has 1 aromatic heterocycles. The summed E-state index contributed by atoms with van der Waals surface area (Å²) < 4.78 is 19.4. The van der Waals surface area contributed by atoms with Gasteiger partial charge in [-0.1, -0.05) is 0 Å². The molecule has 0 aliphatic heterocycles. The van der Waals surface area contributed by atoms with Gasteiger partial charge in [-0.3, -0.25) is 0 Å². The van der Waals surface area contributed by atoms with Crippen LogP contribution in [0.1, 0.15) is 10.5 Å². The van der Waals surface area contributed by atoms with Crippen LogP contribution in [0.3, 0.4) is 0 Å². The number of benzene rings is 1. The highest BCUT2D eigenvalue weighted by molar-refractivity contribution is 9.10. The van der Waals surface area contributed by atoms with Crippen LogP contribution in [0.4, 0.5) is 4.39 Å². The molecule has 6 heteroatoms. The molecule has 0 unspecified atom stereocenters. The summed E-state index contributed by atoms with van der Waals surface area (Å²) in [6.45, 7) is 0. The Bertz CT molecular complexity index is 551. The molecule has 0 saturated heterocycles. The lowest BCUT2D eigenvalue weighted by atomic mass is 10.3. The van der Waals surface area contributed by atoms with Gasteiger partial charge in [0.2, 0.25) is 0 Å². The third-order valence-electron chi connectivity index (χ3n) is 2.13. The van der Waals surface area contributed by atoms with E-state index in [1.165, 1.54) is 30.0 Å². The van der Waals surface area contributed by atoms with Crippen molar-refractivity contribution in [1.29, 1.82) is 0 Å². The van der Waals surface area contributed by atoms with E-state index in [2.05, 4.69) is 25.8 Å². The van der Waals surface area contributed by atoms with Gasteiger partial charge in [-0.15, -0.1) is 0 Å². The van der Waals surface area contributed by atoms with Gasteiger partial charge in [0.15, 0.2) is 5.69 Å². The number of esters is 1. The summed E-state index contributed by atoms with van der Waals surface area (Å²) in [6, 6.07) is 7.31. The second-order valence-electron chi connectivity index (χ2n) is 3.23. The summed E-state index contributed by atoms with van der Waals surface area (Å²) in [5.41, 5.74) is 0.831. The largest absolute Gasteiger partial charge is 0.464 e. The summed E-state index contributed by atoms with van der Waals surface area (Å²) in [5, 5.41) is 4.05. The van der Waals surface area contributed by atoms with Crippen LogP contribution in [0.25, 0.3) is 5.69 Å². The Morgan fingerprint density at radius 2 is 2.06 bits per heavy atom. The zero-order valence-electron chi connectivity index (χ0n) is 8.85. The van der Waals surface area contributed by atoms with Crippen molar-refractivity contribution in [2.24, 2.45) is 0 Å². The van der Waals surface area contributed by atoms with Gasteiger partial charge in [-0.2, -0.15) is 5.10 Å². The monoisotopic (exact) mass is 298 g/mol. The number of halogens is 2. The summed E-state index contributed by atoms with van der Waals surface area (Å²) >= 11 is 3.27. The van der Waals surface area contributed by atoms with Crippen LogP contribution in [0.5, 0.6) is 0 Å². The molecule has 0 fully saturated rings. The fourth-order valence-corrected chi connectivity index (χ4v) is 1.83. The summed E-state index contributed by atoms with van der Waals surface area (Å²) in [6.07, 6.45) is 0. The van der Waals surface area contributed by atoms with E-state index in [1.807, 2.05) is 0 Å². The molecule has 2 rings (SSSR count). The Morgan fingerprint density at radius 1 is 1.41 bits per heavy atom. The molecule has 0 bridgehead atoms. The second-order valence-corrected chi connectivity index (χ2v) is 4.04. The van der Waals surface area contributed by atoms with Crippen LogP contribution in [0, 0.1) is 5.82 Å². The Hall–Kier alpha value is -1.69. The normalized spacial score (nSPS) is 10.3. The first-order valence-corrected chi connectivity index (χ1v) is 5.51. The van der Waals surface area contributed by atoms with Gasteiger partial charge >= 0.3 is 5.97 Å². The topological polar surface area (TPSA) is 44.1 Å². The summed E-state index contributed by atoms with van der Waals surface area (Å²) in [4.78, 5) is 11.3. The Balaban J connectivity index is 2.42. The first kappa shape index (κ1) is 11.8. The zero-order chi connectivity index (χ0) is 12.4. The Kier molecular flexibility index (Phi) is 3.23. The number of carbonyl (C=O) groups excluding carboxylic acids is 1. The van der Waals surface area contributed by atoms with Crippen molar-refractivity contribution in [3.8, 4) is 5.69 Å². The predicted octanol–water partition coefficient (Wildman–Crippen LogP) is 2.56. The number of carbonyl (C=O) groups is 1. The molecule has 17 heavy (non-hydrogen) atoms. The minimum atomic E-state index is -0.522. The van der Waals surface area contributed by atoms with Gasteiger partial charge in [-0.25, -0.2) is 13.9 Å². The number of aromatic nitrogens is 2. The van der Waals surface area contributed by atoms with Crippen LogP contribution in [0.2, 0.25) is 0 Å². The van der Waals surface area contributed by atoms with Crippen molar-refractivity contribution in [2.75, 3.05) is 7.11 Å². The van der Waals surface area contributed by atoms with Crippen molar-refractivity contribution < 1.29 is 13.9 Å². The maximum absolute atomic E-state index is 12.8. The number of ether oxygens (including phenoxy) is 1. The van der Waals surface area contributed by atoms with Crippen molar-refractivity contribution in [2.45, 2.75) is 0 Å². The van der Waals surface area contributed by atoms with E-state index in [1.54, 1.807) is 12.1 Å². The van der Waals surface area contributed by atoms with Gasteiger partial charge in [0.25, 0.3) is 0 Å². The predicted molar refractivity (Wildman–Crippen MR) is 62.6 cm³/mol. The maximum Gasteiger partial charge on any atom is 0.358 e. The van der Waals surface area contributed by atoms with Crippen LogP contribution in [-0.4, -0.2) is 22.9 Å². The minimum absolute atomic E-state index is 0.184. The minimum Gasteiger partial charge on any atom is -0.464 e. The maximum atomic E-state index is 12.8. The van der Waals surface area contributed by atoms with Crippen LogP contribution < -0.4 is 0 Å². The van der Waals surface area contributed by atoms with E-state index in [9.17, 15) is 9.18 Å².